The van der Waals surface area contributed by atoms with Crippen LogP contribution in [0, 0.1) is 5.82 Å². The van der Waals surface area contributed by atoms with E-state index in [2.05, 4.69) is 22.2 Å². The molecule has 2 heterocycles. The minimum Gasteiger partial charge on any atom is -0.376 e. The van der Waals surface area contributed by atoms with Gasteiger partial charge in [0.05, 0.1) is 12.3 Å². The molecule has 0 radical (unpaired) electrons. The van der Waals surface area contributed by atoms with E-state index in [4.69, 9.17) is 4.74 Å². The minimum absolute atomic E-state index is 0.177. The lowest BCUT2D eigenvalue weighted by Crippen LogP contribution is -2.33. The number of hydrogen-bond donors (Lipinski definition) is 1. The van der Waals surface area contributed by atoms with Crippen LogP contribution in [0.4, 0.5) is 16.2 Å². The topological polar surface area (TPSA) is 50.3 Å². The van der Waals surface area contributed by atoms with Crippen molar-refractivity contribution >= 4 is 11.8 Å². The summed E-state index contributed by atoms with van der Waals surface area (Å²) in [6.45, 7) is 7.02. The Kier molecular flexibility index (Phi) is 5.52. The average Bonchev–Trinajstić information content (AvgIpc) is 2.97. The Labute approximate surface area is 119 Å². The van der Waals surface area contributed by atoms with Gasteiger partial charge in [-0.25, -0.2) is 9.37 Å². The van der Waals surface area contributed by atoms with Crippen LogP contribution in [-0.2, 0) is 4.74 Å². The van der Waals surface area contributed by atoms with Gasteiger partial charge in [0.1, 0.15) is 0 Å². The summed E-state index contributed by atoms with van der Waals surface area (Å²) in [5.74, 6) is 0.456. The van der Waals surface area contributed by atoms with Gasteiger partial charge in [-0.05, 0) is 26.2 Å². The molecule has 112 valence electrons. The number of rotatable bonds is 7. The zero-order valence-electron chi connectivity index (χ0n) is 12.2. The van der Waals surface area contributed by atoms with Crippen molar-refractivity contribution in [1.29, 1.82) is 0 Å². The lowest BCUT2D eigenvalue weighted by Gasteiger charge is -2.25. The van der Waals surface area contributed by atoms with Crippen molar-refractivity contribution in [3.05, 3.63) is 12.0 Å². The maximum absolute atomic E-state index is 14.0. The Morgan fingerprint density at radius 3 is 3.00 bits per heavy atom. The summed E-state index contributed by atoms with van der Waals surface area (Å²) < 4.78 is 19.6. The van der Waals surface area contributed by atoms with Gasteiger partial charge in [-0.1, -0.05) is 6.92 Å². The number of anilines is 2. The SMILES string of the molecule is CCCNc1ncc(F)c(N(CC)CC2CCCO2)n1. The first-order valence-corrected chi connectivity index (χ1v) is 7.37. The molecule has 1 N–H and O–H groups in total. The van der Waals surface area contributed by atoms with Crippen molar-refractivity contribution in [2.24, 2.45) is 0 Å². The molecule has 5 nitrogen and oxygen atoms in total. The fourth-order valence-electron chi connectivity index (χ4n) is 2.30. The molecule has 1 saturated heterocycles. The molecule has 0 amide bonds. The first-order valence-electron chi connectivity index (χ1n) is 7.37. The van der Waals surface area contributed by atoms with Gasteiger partial charge in [0, 0.05) is 26.2 Å². The van der Waals surface area contributed by atoms with Crippen molar-refractivity contribution in [3.8, 4) is 0 Å². The van der Waals surface area contributed by atoms with Crippen molar-refractivity contribution in [2.75, 3.05) is 36.5 Å². The van der Waals surface area contributed by atoms with E-state index in [-0.39, 0.29) is 11.9 Å². The van der Waals surface area contributed by atoms with Crippen LogP contribution in [0.15, 0.2) is 6.20 Å². The Morgan fingerprint density at radius 1 is 1.50 bits per heavy atom. The molecule has 1 aliphatic heterocycles. The van der Waals surface area contributed by atoms with E-state index in [1.165, 1.54) is 6.20 Å². The van der Waals surface area contributed by atoms with Crippen LogP contribution in [0.1, 0.15) is 33.1 Å². The summed E-state index contributed by atoms with van der Waals surface area (Å²) in [5.41, 5.74) is 0. The summed E-state index contributed by atoms with van der Waals surface area (Å²) in [4.78, 5) is 10.2. The quantitative estimate of drug-likeness (QED) is 0.832. The molecule has 1 aliphatic rings. The molecule has 0 aromatic carbocycles. The molecule has 1 unspecified atom stereocenters. The minimum atomic E-state index is -0.383. The summed E-state index contributed by atoms with van der Waals surface area (Å²) in [6.07, 6.45) is 4.50. The molecule has 6 heteroatoms. The first kappa shape index (κ1) is 15.0. The van der Waals surface area contributed by atoms with Gasteiger partial charge in [0.15, 0.2) is 11.6 Å². The Balaban J connectivity index is 2.10. The highest BCUT2D eigenvalue weighted by Gasteiger charge is 2.21. The monoisotopic (exact) mass is 282 g/mol. The van der Waals surface area contributed by atoms with Crippen molar-refractivity contribution in [3.63, 3.8) is 0 Å². The highest BCUT2D eigenvalue weighted by molar-refractivity contribution is 5.44. The number of likely N-dealkylation sites (N-methyl/N-ethyl adjacent to an activating group) is 1. The van der Waals surface area contributed by atoms with Crippen LogP contribution in [-0.4, -0.2) is 42.3 Å². The number of nitrogens with zero attached hydrogens (tertiary/aromatic N) is 3. The van der Waals surface area contributed by atoms with Gasteiger partial charge in [0.2, 0.25) is 5.95 Å². The Hall–Kier alpha value is -1.43. The molecule has 20 heavy (non-hydrogen) atoms. The van der Waals surface area contributed by atoms with Crippen LogP contribution in [0.3, 0.4) is 0 Å². The summed E-state index contributed by atoms with van der Waals surface area (Å²) in [7, 11) is 0. The highest BCUT2D eigenvalue weighted by Crippen LogP contribution is 2.20. The number of halogens is 1. The average molecular weight is 282 g/mol. The summed E-state index contributed by atoms with van der Waals surface area (Å²) >= 11 is 0. The zero-order valence-corrected chi connectivity index (χ0v) is 12.2. The van der Waals surface area contributed by atoms with E-state index in [1.807, 2.05) is 11.8 Å². The molecular formula is C14H23FN4O. The van der Waals surface area contributed by atoms with E-state index < -0.39 is 0 Å². The summed E-state index contributed by atoms with van der Waals surface area (Å²) in [6, 6.07) is 0. The van der Waals surface area contributed by atoms with Gasteiger partial charge in [-0.3, -0.25) is 0 Å². The lowest BCUT2D eigenvalue weighted by atomic mass is 10.2. The molecule has 0 spiro atoms. The fraction of sp³-hybridized carbons (Fsp3) is 0.714. The van der Waals surface area contributed by atoms with Gasteiger partial charge in [-0.2, -0.15) is 4.98 Å². The van der Waals surface area contributed by atoms with Gasteiger partial charge >= 0.3 is 0 Å². The van der Waals surface area contributed by atoms with Crippen molar-refractivity contribution < 1.29 is 9.13 Å². The van der Waals surface area contributed by atoms with E-state index in [0.717, 1.165) is 32.4 Å². The third kappa shape index (κ3) is 3.79. The molecule has 1 atom stereocenters. The van der Waals surface area contributed by atoms with Crippen LogP contribution in [0.2, 0.25) is 0 Å². The van der Waals surface area contributed by atoms with Crippen molar-refractivity contribution in [1.82, 2.24) is 9.97 Å². The number of nitrogens with one attached hydrogen (secondary N) is 1. The molecular weight excluding hydrogens is 259 g/mol. The van der Waals surface area contributed by atoms with Crippen molar-refractivity contribution in [2.45, 2.75) is 39.2 Å². The predicted octanol–water partition coefficient (Wildman–Crippen LogP) is 2.44. The third-order valence-electron chi connectivity index (χ3n) is 3.39. The van der Waals surface area contributed by atoms with Crippen LogP contribution < -0.4 is 10.2 Å². The van der Waals surface area contributed by atoms with Gasteiger partial charge in [-0.15, -0.1) is 0 Å². The van der Waals surface area contributed by atoms with E-state index >= 15 is 0 Å². The van der Waals surface area contributed by atoms with Crippen LogP contribution in [0.5, 0.6) is 0 Å². The second kappa shape index (κ2) is 7.38. The lowest BCUT2D eigenvalue weighted by molar-refractivity contribution is 0.115. The predicted molar refractivity (Wildman–Crippen MR) is 77.6 cm³/mol. The number of aromatic nitrogens is 2. The second-order valence-electron chi connectivity index (χ2n) is 4.97. The van der Waals surface area contributed by atoms with E-state index in [9.17, 15) is 4.39 Å². The molecule has 0 aliphatic carbocycles. The largest absolute Gasteiger partial charge is 0.376 e. The van der Waals surface area contributed by atoms with Gasteiger partial charge < -0.3 is 15.0 Å². The summed E-state index contributed by atoms with van der Waals surface area (Å²) in [5, 5.41) is 3.09. The van der Waals surface area contributed by atoms with Crippen LogP contribution >= 0.6 is 0 Å². The molecule has 0 bridgehead atoms. The molecule has 1 fully saturated rings. The normalized spacial score (nSPS) is 18.2. The first-order chi connectivity index (χ1) is 9.74. The smallest absolute Gasteiger partial charge is 0.224 e. The Bertz CT molecular complexity index is 424. The number of hydrogen-bond acceptors (Lipinski definition) is 5. The van der Waals surface area contributed by atoms with Gasteiger partial charge in [0.25, 0.3) is 0 Å². The fourth-order valence-corrected chi connectivity index (χ4v) is 2.30. The maximum atomic E-state index is 14.0. The zero-order chi connectivity index (χ0) is 14.4. The van der Waals surface area contributed by atoms with E-state index in [0.29, 0.717) is 24.9 Å². The molecule has 0 saturated carbocycles. The van der Waals surface area contributed by atoms with E-state index in [1.54, 1.807) is 0 Å². The Morgan fingerprint density at radius 2 is 2.35 bits per heavy atom. The van der Waals surface area contributed by atoms with Crippen LogP contribution in [0.25, 0.3) is 0 Å². The highest BCUT2D eigenvalue weighted by atomic mass is 19.1. The maximum Gasteiger partial charge on any atom is 0.224 e. The third-order valence-corrected chi connectivity index (χ3v) is 3.39. The molecule has 1 aromatic rings. The standard InChI is InChI=1S/C14H23FN4O/c1-3-7-16-14-17-9-12(15)13(18-14)19(4-2)10-11-6-5-8-20-11/h9,11H,3-8,10H2,1-2H3,(H,16,17,18). The second-order valence-corrected chi connectivity index (χ2v) is 4.97. The molecule has 1 aromatic heterocycles. The number of ether oxygens (including phenoxy) is 1. The molecule has 2 rings (SSSR count).